The largest absolute Gasteiger partial charge is 0.496 e. The molecule has 2 aromatic heterocycles. The Morgan fingerprint density at radius 3 is 2.80 bits per heavy atom. The van der Waals surface area contributed by atoms with Crippen LogP contribution in [-0.2, 0) is 6.42 Å². The Labute approximate surface area is 127 Å². The molecule has 1 atom stereocenters. The summed E-state index contributed by atoms with van der Waals surface area (Å²) >= 11 is 3.57. The van der Waals surface area contributed by atoms with E-state index in [1.54, 1.807) is 18.4 Å². The van der Waals surface area contributed by atoms with Gasteiger partial charge >= 0.3 is 0 Å². The molecule has 0 bridgehead atoms. The number of benzene rings is 1. The molecule has 2 nitrogen and oxygen atoms in total. The number of hydrogen-bond acceptors (Lipinski definition) is 4. The Hall–Kier alpha value is -1.36. The van der Waals surface area contributed by atoms with Gasteiger partial charge in [-0.1, -0.05) is 18.2 Å². The first kappa shape index (κ1) is 13.6. The molecule has 0 amide bonds. The summed E-state index contributed by atoms with van der Waals surface area (Å²) in [5, 5.41) is 9.13. The van der Waals surface area contributed by atoms with E-state index in [0.717, 1.165) is 12.2 Å². The Balaban J connectivity index is 1.87. The fraction of sp³-hybridized carbons (Fsp3) is 0.250. The molecule has 0 aliphatic heterocycles. The van der Waals surface area contributed by atoms with E-state index in [4.69, 9.17) is 4.74 Å². The highest BCUT2D eigenvalue weighted by Crippen LogP contribution is 2.32. The standard InChI is InChI=1S/C16H17NOS2/c1-17-14(16-8-12(18-2)10-20-16)7-11-9-19-15-6-4-3-5-13(11)15/h3-6,8-10,14,17H,7H2,1-2H3. The van der Waals surface area contributed by atoms with Gasteiger partial charge in [-0.15, -0.1) is 22.7 Å². The fourth-order valence-corrected chi connectivity index (χ4v) is 4.32. The van der Waals surface area contributed by atoms with Crippen molar-refractivity contribution in [3.63, 3.8) is 0 Å². The van der Waals surface area contributed by atoms with Gasteiger partial charge in [-0.25, -0.2) is 0 Å². The number of likely N-dealkylation sites (N-methyl/N-ethyl adjacent to an activating group) is 1. The molecule has 0 radical (unpaired) electrons. The summed E-state index contributed by atoms with van der Waals surface area (Å²) in [6.45, 7) is 0. The summed E-state index contributed by atoms with van der Waals surface area (Å²) in [6, 6.07) is 11.1. The van der Waals surface area contributed by atoms with Gasteiger partial charge in [0.05, 0.1) is 7.11 Å². The van der Waals surface area contributed by atoms with Crippen LogP contribution in [0, 0.1) is 0 Å². The first-order valence-electron chi connectivity index (χ1n) is 6.56. The average Bonchev–Trinajstić information content (AvgIpc) is 3.11. The normalized spacial score (nSPS) is 12.7. The van der Waals surface area contributed by atoms with Crippen molar-refractivity contribution < 1.29 is 4.74 Å². The lowest BCUT2D eigenvalue weighted by Gasteiger charge is -2.14. The summed E-state index contributed by atoms with van der Waals surface area (Å²) in [6.07, 6.45) is 1.00. The van der Waals surface area contributed by atoms with Crippen LogP contribution in [0.25, 0.3) is 10.1 Å². The molecule has 0 saturated heterocycles. The van der Waals surface area contributed by atoms with Gasteiger partial charge in [-0.3, -0.25) is 0 Å². The highest BCUT2D eigenvalue weighted by Gasteiger charge is 2.15. The summed E-state index contributed by atoms with van der Waals surface area (Å²) in [5.41, 5.74) is 1.41. The molecule has 20 heavy (non-hydrogen) atoms. The van der Waals surface area contributed by atoms with Crippen molar-refractivity contribution in [2.45, 2.75) is 12.5 Å². The zero-order valence-corrected chi connectivity index (χ0v) is 13.2. The van der Waals surface area contributed by atoms with Gasteiger partial charge in [0.15, 0.2) is 0 Å². The monoisotopic (exact) mass is 303 g/mol. The number of ether oxygens (including phenoxy) is 1. The second kappa shape index (κ2) is 5.95. The molecule has 0 aliphatic carbocycles. The van der Waals surface area contributed by atoms with Gasteiger partial charge in [0.1, 0.15) is 5.75 Å². The van der Waals surface area contributed by atoms with Gasteiger partial charge in [0, 0.05) is 21.0 Å². The van der Waals surface area contributed by atoms with E-state index >= 15 is 0 Å². The van der Waals surface area contributed by atoms with E-state index < -0.39 is 0 Å². The second-order valence-electron chi connectivity index (χ2n) is 4.69. The van der Waals surface area contributed by atoms with Crippen LogP contribution >= 0.6 is 22.7 Å². The van der Waals surface area contributed by atoms with Crippen LogP contribution in [0.15, 0.2) is 41.1 Å². The Morgan fingerprint density at radius 1 is 1.20 bits per heavy atom. The minimum absolute atomic E-state index is 0.335. The molecule has 3 rings (SSSR count). The molecule has 104 valence electrons. The zero-order valence-electron chi connectivity index (χ0n) is 11.6. The van der Waals surface area contributed by atoms with E-state index in [1.165, 1.54) is 20.5 Å². The third-order valence-electron chi connectivity index (χ3n) is 3.51. The van der Waals surface area contributed by atoms with Crippen molar-refractivity contribution in [2.24, 2.45) is 0 Å². The van der Waals surface area contributed by atoms with Gasteiger partial charge in [-0.2, -0.15) is 0 Å². The van der Waals surface area contributed by atoms with Gasteiger partial charge in [0.2, 0.25) is 0 Å². The van der Waals surface area contributed by atoms with E-state index in [2.05, 4.69) is 46.4 Å². The average molecular weight is 303 g/mol. The van der Waals surface area contributed by atoms with Gasteiger partial charge in [0.25, 0.3) is 0 Å². The summed E-state index contributed by atoms with van der Waals surface area (Å²) in [4.78, 5) is 1.32. The third kappa shape index (κ3) is 2.59. The molecular formula is C16H17NOS2. The maximum atomic E-state index is 5.28. The molecule has 4 heteroatoms. The molecular weight excluding hydrogens is 286 g/mol. The first-order valence-corrected chi connectivity index (χ1v) is 8.32. The smallest absolute Gasteiger partial charge is 0.129 e. The number of rotatable bonds is 5. The van der Waals surface area contributed by atoms with Crippen LogP contribution in [-0.4, -0.2) is 14.2 Å². The fourth-order valence-electron chi connectivity index (χ4n) is 2.38. The Morgan fingerprint density at radius 2 is 2.05 bits per heavy atom. The topological polar surface area (TPSA) is 21.3 Å². The van der Waals surface area contributed by atoms with Crippen molar-refractivity contribution in [1.82, 2.24) is 5.32 Å². The van der Waals surface area contributed by atoms with E-state index in [1.807, 2.05) is 18.4 Å². The van der Waals surface area contributed by atoms with Crippen LogP contribution in [0.3, 0.4) is 0 Å². The Bertz CT molecular complexity index is 701. The molecule has 0 fully saturated rings. The maximum Gasteiger partial charge on any atom is 0.129 e. The number of nitrogens with one attached hydrogen (secondary N) is 1. The molecule has 1 N–H and O–H groups in total. The van der Waals surface area contributed by atoms with E-state index in [-0.39, 0.29) is 0 Å². The molecule has 0 saturated carbocycles. The summed E-state index contributed by atoms with van der Waals surface area (Å²) in [7, 11) is 3.73. The molecule has 2 heterocycles. The highest BCUT2D eigenvalue weighted by atomic mass is 32.1. The lowest BCUT2D eigenvalue weighted by Crippen LogP contribution is -2.17. The van der Waals surface area contributed by atoms with E-state index in [0.29, 0.717) is 6.04 Å². The molecule has 0 spiro atoms. The van der Waals surface area contributed by atoms with Gasteiger partial charge in [-0.05, 0) is 41.9 Å². The number of methoxy groups -OCH3 is 1. The number of hydrogen-bond donors (Lipinski definition) is 1. The van der Waals surface area contributed by atoms with Crippen LogP contribution in [0.4, 0.5) is 0 Å². The third-order valence-corrected chi connectivity index (χ3v) is 5.55. The Kier molecular flexibility index (Phi) is 4.05. The van der Waals surface area contributed by atoms with Crippen LogP contribution in [0.5, 0.6) is 5.75 Å². The minimum Gasteiger partial charge on any atom is -0.496 e. The van der Waals surface area contributed by atoms with Crippen molar-refractivity contribution in [3.8, 4) is 5.75 Å². The van der Waals surface area contributed by atoms with Crippen LogP contribution in [0.1, 0.15) is 16.5 Å². The number of thiophene rings is 2. The van der Waals surface area contributed by atoms with Gasteiger partial charge < -0.3 is 10.1 Å². The lowest BCUT2D eigenvalue weighted by molar-refractivity contribution is 0.416. The zero-order chi connectivity index (χ0) is 13.9. The number of fused-ring (bicyclic) bond motifs is 1. The van der Waals surface area contributed by atoms with Crippen LogP contribution in [0.2, 0.25) is 0 Å². The minimum atomic E-state index is 0.335. The van der Waals surface area contributed by atoms with Crippen molar-refractivity contribution in [2.75, 3.05) is 14.2 Å². The predicted molar refractivity (Wildman–Crippen MR) is 88.2 cm³/mol. The second-order valence-corrected chi connectivity index (χ2v) is 6.55. The first-order chi connectivity index (χ1) is 9.81. The molecule has 1 unspecified atom stereocenters. The van der Waals surface area contributed by atoms with Crippen molar-refractivity contribution in [3.05, 3.63) is 51.5 Å². The summed E-state index contributed by atoms with van der Waals surface area (Å²) < 4.78 is 6.64. The van der Waals surface area contributed by atoms with Crippen LogP contribution < -0.4 is 10.1 Å². The highest BCUT2D eigenvalue weighted by molar-refractivity contribution is 7.17. The lowest BCUT2D eigenvalue weighted by atomic mass is 10.0. The predicted octanol–water partition coefficient (Wildman–Crippen LogP) is 4.47. The quantitative estimate of drug-likeness (QED) is 0.750. The molecule has 3 aromatic rings. The van der Waals surface area contributed by atoms with Crippen molar-refractivity contribution >= 4 is 32.8 Å². The van der Waals surface area contributed by atoms with Crippen molar-refractivity contribution in [1.29, 1.82) is 0 Å². The van der Waals surface area contributed by atoms with E-state index in [9.17, 15) is 0 Å². The summed E-state index contributed by atoms with van der Waals surface area (Å²) in [5.74, 6) is 0.945. The molecule has 0 aliphatic rings. The maximum absolute atomic E-state index is 5.28. The molecule has 1 aromatic carbocycles. The SMILES string of the molecule is CNC(Cc1csc2ccccc12)c1cc(OC)cs1.